The van der Waals surface area contributed by atoms with Crippen LogP contribution in [0.2, 0.25) is 0 Å². The first kappa shape index (κ1) is 20.9. The second kappa shape index (κ2) is 10.1. The summed E-state index contributed by atoms with van der Waals surface area (Å²) in [6.07, 6.45) is 1.65. The SMILES string of the molecule is O=C(O)CCCOc1ccc([N+](=O)[O-])c(C=NNc2nc(-c3ccccc3)cs2)c1. The normalized spacial score (nSPS) is 10.8. The number of anilines is 1. The molecule has 10 heteroatoms. The molecule has 154 valence electrons. The highest BCUT2D eigenvalue weighted by molar-refractivity contribution is 7.14. The van der Waals surface area contributed by atoms with Gasteiger partial charge in [0.2, 0.25) is 5.13 Å². The second-order valence-electron chi connectivity index (χ2n) is 6.10. The average Bonchev–Trinajstić information content (AvgIpc) is 3.21. The number of ether oxygens (including phenoxy) is 1. The molecule has 0 amide bonds. The Morgan fingerprint density at radius 1 is 1.30 bits per heavy atom. The van der Waals surface area contributed by atoms with Gasteiger partial charge in [-0.3, -0.25) is 20.3 Å². The maximum absolute atomic E-state index is 11.3. The maximum atomic E-state index is 11.3. The van der Waals surface area contributed by atoms with Gasteiger partial charge in [-0.05, 0) is 18.6 Å². The highest BCUT2D eigenvalue weighted by Gasteiger charge is 2.13. The Balaban J connectivity index is 1.67. The van der Waals surface area contributed by atoms with E-state index in [2.05, 4.69) is 15.5 Å². The lowest BCUT2D eigenvalue weighted by atomic mass is 10.2. The Morgan fingerprint density at radius 2 is 2.10 bits per heavy atom. The second-order valence-corrected chi connectivity index (χ2v) is 6.96. The van der Waals surface area contributed by atoms with Crippen LogP contribution in [0, 0.1) is 10.1 Å². The Labute approximate surface area is 175 Å². The molecule has 2 aromatic carbocycles. The molecule has 0 unspecified atom stereocenters. The van der Waals surface area contributed by atoms with E-state index < -0.39 is 10.9 Å². The van der Waals surface area contributed by atoms with Crippen LogP contribution in [0.25, 0.3) is 11.3 Å². The number of rotatable bonds is 10. The molecule has 0 spiro atoms. The molecule has 0 saturated heterocycles. The number of benzene rings is 2. The standard InChI is InChI=1S/C20H18N4O5S/c25-19(26)7-4-10-29-16-8-9-18(24(27)28)15(11-16)12-21-23-20-22-17(13-30-20)14-5-2-1-3-6-14/h1-3,5-6,8-9,11-13H,4,7,10H2,(H,22,23)(H,25,26). The molecule has 2 N–H and O–H groups in total. The molecular formula is C20H18N4O5S. The first-order valence-electron chi connectivity index (χ1n) is 8.96. The predicted octanol–water partition coefficient (Wildman–Crippen LogP) is 4.41. The summed E-state index contributed by atoms with van der Waals surface area (Å²) in [5.74, 6) is -0.508. The number of aromatic nitrogens is 1. The fourth-order valence-electron chi connectivity index (χ4n) is 2.53. The molecule has 0 saturated carbocycles. The number of carbonyl (C=O) groups is 1. The van der Waals surface area contributed by atoms with Gasteiger partial charge in [0.1, 0.15) is 5.75 Å². The minimum atomic E-state index is -0.904. The predicted molar refractivity (Wildman–Crippen MR) is 114 cm³/mol. The van der Waals surface area contributed by atoms with E-state index in [4.69, 9.17) is 9.84 Å². The number of hydrogen-bond acceptors (Lipinski definition) is 8. The van der Waals surface area contributed by atoms with Crippen LogP contribution in [0.1, 0.15) is 18.4 Å². The minimum Gasteiger partial charge on any atom is -0.494 e. The van der Waals surface area contributed by atoms with E-state index in [0.29, 0.717) is 17.3 Å². The zero-order valence-electron chi connectivity index (χ0n) is 15.7. The van der Waals surface area contributed by atoms with Crippen LogP contribution < -0.4 is 10.2 Å². The van der Waals surface area contributed by atoms with Crippen LogP contribution in [0.5, 0.6) is 5.75 Å². The zero-order valence-corrected chi connectivity index (χ0v) is 16.5. The van der Waals surface area contributed by atoms with Gasteiger partial charge in [0, 0.05) is 23.4 Å². The number of nitro groups is 1. The maximum Gasteiger partial charge on any atom is 0.303 e. The van der Waals surface area contributed by atoms with Crippen molar-refractivity contribution >= 4 is 34.3 Å². The largest absolute Gasteiger partial charge is 0.494 e. The Bertz CT molecular complexity index is 1050. The van der Waals surface area contributed by atoms with Crippen molar-refractivity contribution < 1.29 is 19.6 Å². The van der Waals surface area contributed by atoms with Crippen molar-refractivity contribution in [2.24, 2.45) is 5.10 Å². The third kappa shape index (κ3) is 5.85. The van der Waals surface area contributed by atoms with Gasteiger partial charge in [0.25, 0.3) is 5.69 Å². The lowest BCUT2D eigenvalue weighted by Crippen LogP contribution is -2.03. The summed E-state index contributed by atoms with van der Waals surface area (Å²) in [7, 11) is 0. The number of nitrogens with one attached hydrogen (secondary N) is 1. The van der Waals surface area contributed by atoms with Crippen molar-refractivity contribution in [3.05, 3.63) is 69.6 Å². The van der Waals surface area contributed by atoms with E-state index in [1.165, 1.54) is 35.8 Å². The van der Waals surface area contributed by atoms with Crippen LogP contribution in [0.3, 0.4) is 0 Å². The fraction of sp³-hybridized carbons (Fsp3) is 0.150. The van der Waals surface area contributed by atoms with Crippen molar-refractivity contribution in [1.82, 2.24) is 4.98 Å². The molecule has 0 aliphatic rings. The number of hydrazone groups is 1. The molecule has 0 atom stereocenters. The van der Waals surface area contributed by atoms with Crippen LogP contribution >= 0.6 is 11.3 Å². The number of aliphatic carboxylic acids is 1. The van der Waals surface area contributed by atoms with E-state index in [1.807, 2.05) is 35.7 Å². The zero-order chi connectivity index (χ0) is 21.3. The number of carboxylic acid groups (broad SMARTS) is 1. The van der Waals surface area contributed by atoms with Gasteiger partial charge in [-0.1, -0.05) is 30.3 Å². The monoisotopic (exact) mass is 426 g/mol. The summed E-state index contributed by atoms with van der Waals surface area (Å²) < 4.78 is 5.47. The first-order chi connectivity index (χ1) is 14.5. The number of nitrogens with zero attached hydrogens (tertiary/aromatic N) is 3. The van der Waals surface area contributed by atoms with Gasteiger partial charge in [-0.15, -0.1) is 11.3 Å². The van der Waals surface area contributed by atoms with Crippen LogP contribution in [0.4, 0.5) is 10.8 Å². The summed E-state index contributed by atoms with van der Waals surface area (Å²) in [6.45, 7) is 0.195. The highest BCUT2D eigenvalue weighted by Crippen LogP contribution is 2.25. The summed E-state index contributed by atoms with van der Waals surface area (Å²) in [5.41, 5.74) is 4.70. The summed E-state index contributed by atoms with van der Waals surface area (Å²) in [4.78, 5) is 25.7. The van der Waals surface area contributed by atoms with E-state index >= 15 is 0 Å². The van der Waals surface area contributed by atoms with Gasteiger partial charge in [-0.2, -0.15) is 5.10 Å². The van der Waals surface area contributed by atoms with Gasteiger partial charge in [0.05, 0.1) is 29.0 Å². The molecule has 1 heterocycles. The minimum absolute atomic E-state index is 0.00992. The topological polar surface area (TPSA) is 127 Å². The molecule has 3 aromatic rings. The van der Waals surface area contributed by atoms with E-state index in [9.17, 15) is 14.9 Å². The van der Waals surface area contributed by atoms with Gasteiger partial charge >= 0.3 is 5.97 Å². The van der Waals surface area contributed by atoms with Crippen molar-refractivity contribution in [3.63, 3.8) is 0 Å². The third-order valence-electron chi connectivity index (χ3n) is 3.94. The summed E-state index contributed by atoms with van der Waals surface area (Å²) in [6, 6.07) is 14.0. The molecule has 0 aliphatic carbocycles. The Hall–Kier alpha value is -3.79. The lowest BCUT2D eigenvalue weighted by molar-refractivity contribution is -0.385. The molecule has 1 aromatic heterocycles. The molecule has 0 bridgehead atoms. The molecule has 9 nitrogen and oxygen atoms in total. The molecular weight excluding hydrogens is 408 g/mol. The molecule has 0 aliphatic heterocycles. The number of nitro benzene ring substituents is 1. The molecule has 0 radical (unpaired) electrons. The van der Waals surface area contributed by atoms with Crippen LogP contribution in [0.15, 0.2) is 59.0 Å². The summed E-state index contributed by atoms with van der Waals surface area (Å²) in [5, 5.41) is 26.4. The van der Waals surface area contributed by atoms with Crippen molar-refractivity contribution in [2.75, 3.05) is 12.0 Å². The first-order valence-corrected chi connectivity index (χ1v) is 9.84. The van der Waals surface area contributed by atoms with Crippen LogP contribution in [-0.2, 0) is 4.79 Å². The highest BCUT2D eigenvalue weighted by atomic mass is 32.1. The van der Waals surface area contributed by atoms with E-state index in [0.717, 1.165) is 11.3 Å². The molecule has 0 fully saturated rings. The quantitative estimate of drug-likeness (QED) is 0.213. The molecule has 3 rings (SSSR count). The Morgan fingerprint density at radius 3 is 2.83 bits per heavy atom. The van der Waals surface area contributed by atoms with Crippen molar-refractivity contribution in [2.45, 2.75) is 12.8 Å². The Kier molecular flexibility index (Phi) is 7.06. The van der Waals surface area contributed by atoms with E-state index in [1.54, 1.807) is 0 Å². The smallest absolute Gasteiger partial charge is 0.303 e. The number of carboxylic acids is 1. The van der Waals surface area contributed by atoms with Gasteiger partial charge in [0.15, 0.2) is 0 Å². The third-order valence-corrected chi connectivity index (χ3v) is 4.68. The van der Waals surface area contributed by atoms with Gasteiger partial charge < -0.3 is 9.84 Å². The van der Waals surface area contributed by atoms with Crippen LogP contribution in [-0.4, -0.2) is 33.8 Å². The average molecular weight is 426 g/mol. The van der Waals surface area contributed by atoms with Gasteiger partial charge in [-0.25, -0.2) is 4.98 Å². The van der Waals surface area contributed by atoms with Crippen molar-refractivity contribution in [3.8, 4) is 17.0 Å². The number of hydrogen-bond donors (Lipinski definition) is 2. The lowest BCUT2D eigenvalue weighted by Gasteiger charge is -2.06. The number of thiazole rings is 1. The van der Waals surface area contributed by atoms with Crippen molar-refractivity contribution in [1.29, 1.82) is 0 Å². The van der Waals surface area contributed by atoms with E-state index in [-0.39, 0.29) is 24.3 Å². The summed E-state index contributed by atoms with van der Waals surface area (Å²) >= 11 is 1.37. The molecule has 30 heavy (non-hydrogen) atoms. The fourth-order valence-corrected chi connectivity index (χ4v) is 3.20.